The third-order valence-electron chi connectivity index (χ3n) is 4.65. The second-order valence-corrected chi connectivity index (χ2v) is 7.65. The van der Waals surface area contributed by atoms with E-state index in [2.05, 4.69) is 4.74 Å². The van der Waals surface area contributed by atoms with E-state index in [-0.39, 0.29) is 59.5 Å². The van der Waals surface area contributed by atoms with Gasteiger partial charge in [-0.1, -0.05) is 0 Å². The summed E-state index contributed by atoms with van der Waals surface area (Å²) in [4.78, 5) is 0. The molecular weight excluding hydrogens is 599 g/mol. The lowest BCUT2D eigenvalue weighted by atomic mass is 9.93. The van der Waals surface area contributed by atoms with Crippen molar-refractivity contribution in [2.45, 2.75) is 42.2 Å². The monoisotopic (exact) mass is 628 g/mol. The predicted octanol–water partition coefficient (Wildman–Crippen LogP) is 4.21. The highest BCUT2D eigenvalue weighted by molar-refractivity contribution is 5.10. The van der Waals surface area contributed by atoms with Gasteiger partial charge in [0.25, 0.3) is 0 Å². The van der Waals surface area contributed by atoms with Crippen LogP contribution in [0.3, 0.4) is 0 Å². The first-order valence-corrected chi connectivity index (χ1v) is 11.3. The summed E-state index contributed by atoms with van der Waals surface area (Å²) in [6.07, 6.45) is -9.87. The molecular formula is C20H29F13O7. The van der Waals surface area contributed by atoms with Crippen molar-refractivity contribution in [1.29, 1.82) is 0 Å². The molecule has 0 spiro atoms. The number of hydrogen-bond donors (Lipinski definition) is 1. The molecule has 242 valence electrons. The second-order valence-electron chi connectivity index (χ2n) is 7.65. The molecule has 1 N–H and O–H groups in total. The highest BCUT2D eigenvalue weighted by atomic mass is 19.4. The van der Waals surface area contributed by atoms with Gasteiger partial charge < -0.3 is 33.5 Å². The van der Waals surface area contributed by atoms with Crippen LogP contribution >= 0.6 is 0 Å². The molecule has 0 unspecified atom stereocenters. The van der Waals surface area contributed by atoms with Gasteiger partial charge in [0.1, 0.15) is 0 Å². The van der Waals surface area contributed by atoms with Crippen LogP contribution < -0.4 is 0 Å². The van der Waals surface area contributed by atoms with E-state index in [1.807, 2.05) is 0 Å². The van der Waals surface area contributed by atoms with Gasteiger partial charge in [0.15, 0.2) is 0 Å². The summed E-state index contributed by atoms with van der Waals surface area (Å²) in [6, 6.07) is 0. The van der Waals surface area contributed by atoms with E-state index in [1.54, 1.807) is 0 Å². The topological polar surface area (TPSA) is 75.6 Å². The van der Waals surface area contributed by atoms with Crippen molar-refractivity contribution in [3.8, 4) is 0 Å². The maximum absolute atomic E-state index is 13.6. The molecule has 0 saturated carbocycles. The molecule has 0 saturated heterocycles. The van der Waals surface area contributed by atoms with Gasteiger partial charge in [0.2, 0.25) is 0 Å². The lowest BCUT2D eigenvalue weighted by Gasteiger charge is -2.39. The minimum Gasteiger partial charge on any atom is -0.394 e. The Bertz CT molecular complexity index is 680. The van der Waals surface area contributed by atoms with Crippen molar-refractivity contribution in [3.05, 3.63) is 0 Å². The van der Waals surface area contributed by atoms with Crippen molar-refractivity contribution in [2.75, 3.05) is 85.9 Å². The number of aliphatic hydroxyl groups excluding tert-OH is 1. The smallest absolute Gasteiger partial charge is 0.394 e. The Balaban J connectivity index is 4.17. The summed E-state index contributed by atoms with van der Waals surface area (Å²) in [5.74, 6) is -37.0. The summed E-state index contributed by atoms with van der Waals surface area (Å²) in [5, 5.41) is 8.49. The fourth-order valence-electron chi connectivity index (χ4n) is 2.43. The molecule has 0 aliphatic carbocycles. The Morgan fingerprint density at radius 1 is 0.350 bits per heavy atom. The Morgan fingerprint density at radius 3 is 0.925 bits per heavy atom. The first-order valence-electron chi connectivity index (χ1n) is 11.3. The Kier molecular flexibility index (Phi) is 16.5. The molecule has 7 nitrogen and oxygen atoms in total. The van der Waals surface area contributed by atoms with Crippen molar-refractivity contribution < 1.29 is 90.6 Å². The molecule has 0 amide bonds. The minimum absolute atomic E-state index is 0.0260. The Hall–Kier alpha value is -1.19. The molecule has 20 heteroatoms. The summed E-state index contributed by atoms with van der Waals surface area (Å²) in [6.45, 7) is -0.820. The predicted molar refractivity (Wildman–Crippen MR) is 107 cm³/mol. The fraction of sp³-hybridized carbons (Fsp3) is 1.00. The summed E-state index contributed by atoms with van der Waals surface area (Å²) >= 11 is 0. The van der Waals surface area contributed by atoms with Gasteiger partial charge in [-0.05, 0) is 0 Å². The van der Waals surface area contributed by atoms with Crippen LogP contribution in [0, 0.1) is 0 Å². The Morgan fingerprint density at radius 2 is 0.625 bits per heavy atom. The highest BCUT2D eigenvalue weighted by Crippen LogP contribution is 2.60. The fourth-order valence-corrected chi connectivity index (χ4v) is 2.43. The van der Waals surface area contributed by atoms with Gasteiger partial charge in [-0.2, -0.15) is 57.1 Å². The second kappa shape index (κ2) is 17.1. The molecule has 0 rings (SSSR count). The zero-order chi connectivity index (χ0) is 31.1. The van der Waals surface area contributed by atoms with Crippen LogP contribution in [-0.2, 0) is 28.4 Å². The van der Waals surface area contributed by atoms with Crippen LogP contribution in [0.25, 0.3) is 0 Å². The van der Waals surface area contributed by atoms with Crippen LogP contribution in [0.15, 0.2) is 0 Å². The van der Waals surface area contributed by atoms with Gasteiger partial charge in [-0.15, -0.1) is 0 Å². The molecule has 0 aromatic rings. The molecule has 0 radical (unpaired) electrons. The van der Waals surface area contributed by atoms with Gasteiger partial charge in [0.05, 0.1) is 85.9 Å². The molecule has 40 heavy (non-hydrogen) atoms. The summed E-state index contributed by atoms with van der Waals surface area (Å²) in [7, 11) is 0. The maximum Gasteiger partial charge on any atom is 0.460 e. The van der Waals surface area contributed by atoms with Crippen LogP contribution in [0.2, 0.25) is 0 Å². The zero-order valence-electron chi connectivity index (χ0n) is 20.7. The lowest BCUT2D eigenvalue weighted by molar-refractivity contribution is -0.440. The summed E-state index contributed by atoms with van der Waals surface area (Å²) in [5.41, 5.74) is 0. The molecule has 0 bridgehead atoms. The van der Waals surface area contributed by atoms with Crippen molar-refractivity contribution in [2.24, 2.45) is 0 Å². The third-order valence-corrected chi connectivity index (χ3v) is 4.65. The molecule has 0 heterocycles. The van der Waals surface area contributed by atoms with E-state index < -0.39 is 55.4 Å². The summed E-state index contributed by atoms with van der Waals surface area (Å²) < 4.78 is 199. The molecule has 0 aliphatic rings. The van der Waals surface area contributed by atoms with E-state index in [0.29, 0.717) is 13.2 Å². The quantitative estimate of drug-likeness (QED) is 0.127. The number of hydrogen-bond acceptors (Lipinski definition) is 7. The van der Waals surface area contributed by atoms with E-state index >= 15 is 0 Å². The van der Waals surface area contributed by atoms with Gasteiger partial charge in [0, 0.05) is 6.42 Å². The molecule has 0 aliphatic heterocycles. The van der Waals surface area contributed by atoms with Crippen molar-refractivity contribution in [3.63, 3.8) is 0 Å². The third kappa shape index (κ3) is 10.9. The van der Waals surface area contributed by atoms with Crippen LogP contribution in [0.4, 0.5) is 57.1 Å². The number of rotatable bonds is 24. The van der Waals surface area contributed by atoms with E-state index in [9.17, 15) is 57.1 Å². The average molecular weight is 628 g/mol. The molecule has 0 aromatic carbocycles. The van der Waals surface area contributed by atoms with Gasteiger partial charge >= 0.3 is 35.8 Å². The van der Waals surface area contributed by atoms with Crippen LogP contribution in [-0.4, -0.2) is 127 Å². The first-order chi connectivity index (χ1) is 18.3. The number of halogens is 13. The average Bonchev–Trinajstić information content (AvgIpc) is 2.84. The molecule has 0 atom stereocenters. The van der Waals surface area contributed by atoms with Crippen molar-refractivity contribution in [1.82, 2.24) is 0 Å². The van der Waals surface area contributed by atoms with Gasteiger partial charge in [-0.25, -0.2) is 0 Å². The number of alkyl halides is 13. The number of ether oxygens (including phenoxy) is 6. The van der Waals surface area contributed by atoms with Crippen molar-refractivity contribution >= 4 is 0 Å². The molecule has 0 fully saturated rings. The Labute approximate surface area is 219 Å². The minimum atomic E-state index is -7.92. The normalized spacial score (nSPS) is 14.2. The molecule has 0 aromatic heterocycles. The highest BCUT2D eigenvalue weighted by Gasteiger charge is 2.90. The van der Waals surface area contributed by atoms with E-state index in [1.165, 1.54) is 0 Å². The van der Waals surface area contributed by atoms with E-state index in [4.69, 9.17) is 28.8 Å². The maximum atomic E-state index is 13.6. The number of aliphatic hydroxyl groups is 1. The van der Waals surface area contributed by atoms with Crippen LogP contribution in [0.5, 0.6) is 0 Å². The van der Waals surface area contributed by atoms with Gasteiger partial charge in [-0.3, -0.25) is 0 Å². The largest absolute Gasteiger partial charge is 0.460 e. The van der Waals surface area contributed by atoms with Crippen LogP contribution in [0.1, 0.15) is 6.42 Å². The SMILES string of the molecule is OCCOCCOCCOCCOCCOCCOCCC(F)(F)C(F)(F)C(F)(F)C(F)(F)C(F)(F)C(F)(F)F. The van der Waals surface area contributed by atoms with E-state index in [0.717, 1.165) is 0 Å². The zero-order valence-corrected chi connectivity index (χ0v) is 20.7. The standard InChI is InChI=1S/C20H29F13O7/c21-15(22,16(23,24)17(25,26)18(27,28)19(29,30)20(31,32)33)1-3-35-5-7-37-9-11-39-13-14-40-12-10-38-8-6-36-4-2-34/h34H,1-14H2. The first kappa shape index (κ1) is 38.8. The lowest BCUT2D eigenvalue weighted by Crippen LogP contribution is -2.70.